The van der Waals surface area contributed by atoms with E-state index >= 15 is 0 Å². The van der Waals surface area contributed by atoms with Crippen LogP contribution in [0.4, 0.5) is 5.69 Å². The molecule has 0 aromatic heterocycles. The van der Waals surface area contributed by atoms with Gasteiger partial charge in [-0.2, -0.15) is 0 Å². The Morgan fingerprint density at radius 1 is 1.19 bits per heavy atom. The molecular formula is C17H28IN3O4S. The number of hydrogen-bond donors (Lipinski definition) is 2. The lowest BCUT2D eigenvalue weighted by Crippen LogP contribution is -2.38. The Bertz CT molecular complexity index is 730. The molecule has 7 nitrogen and oxygen atoms in total. The molecule has 2 N–H and O–H groups in total. The Kier molecular flexibility index (Phi) is 8.45. The van der Waals surface area contributed by atoms with Crippen LogP contribution in [-0.4, -0.2) is 51.7 Å². The van der Waals surface area contributed by atoms with E-state index in [2.05, 4.69) is 15.6 Å². The lowest BCUT2D eigenvalue weighted by molar-refractivity contribution is 0.297. The van der Waals surface area contributed by atoms with Gasteiger partial charge in [0.15, 0.2) is 27.3 Å². The highest BCUT2D eigenvalue weighted by Crippen LogP contribution is 2.32. The van der Waals surface area contributed by atoms with Gasteiger partial charge < -0.3 is 20.1 Å². The number of nitrogens with one attached hydrogen (secondary N) is 2. The van der Waals surface area contributed by atoms with Crippen molar-refractivity contribution in [1.82, 2.24) is 5.32 Å². The number of ether oxygens (including phenoxy) is 2. The zero-order valence-electron chi connectivity index (χ0n) is 15.7. The third-order valence-electron chi connectivity index (χ3n) is 3.83. The van der Waals surface area contributed by atoms with Gasteiger partial charge in [0.2, 0.25) is 0 Å². The fraction of sp³-hybridized carbons (Fsp3) is 0.588. The van der Waals surface area contributed by atoms with Gasteiger partial charge in [-0.15, -0.1) is 24.0 Å². The monoisotopic (exact) mass is 497 g/mol. The van der Waals surface area contributed by atoms with E-state index in [-0.39, 0.29) is 36.3 Å². The first-order valence-corrected chi connectivity index (χ1v) is 9.98. The topological polar surface area (TPSA) is 89.0 Å². The molecule has 0 fully saturated rings. The van der Waals surface area contributed by atoms with Gasteiger partial charge in [0, 0.05) is 31.8 Å². The zero-order chi connectivity index (χ0) is 18.5. The van der Waals surface area contributed by atoms with Crippen molar-refractivity contribution >= 4 is 45.5 Å². The maximum Gasteiger partial charge on any atom is 0.195 e. The van der Waals surface area contributed by atoms with E-state index in [0.717, 1.165) is 17.9 Å². The Labute approximate surface area is 172 Å². The molecule has 0 spiro atoms. The second-order valence-electron chi connectivity index (χ2n) is 6.77. The molecule has 0 aliphatic carbocycles. The van der Waals surface area contributed by atoms with Crippen LogP contribution < -0.4 is 20.1 Å². The maximum atomic E-state index is 12.1. The molecule has 9 heteroatoms. The number of aliphatic imine (C=N–C) groups is 1. The molecule has 1 aliphatic heterocycles. The van der Waals surface area contributed by atoms with Crippen molar-refractivity contribution < 1.29 is 17.9 Å². The van der Waals surface area contributed by atoms with E-state index in [1.165, 1.54) is 0 Å². The Morgan fingerprint density at radius 3 is 2.46 bits per heavy atom. The highest BCUT2D eigenvalue weighted by molar-refractivity contribution is 14.0. The number of anilines is 1. The van der Waals surface area contributed by atoms with Crippen molar-refractivity contribution in [2.24, 2.45) is 4.99 Å². The number of sulfone groups is 1. The molecule has 0 atom stereocenters. The second-order valence-corrected chi connectivity index (χ2v) is 9.63. The maximum absolute atomic E-state index is 12.1. The van der Waals surface area contributed by atoms with Crippen molar-refractivity contribution in [1.29, 1.82) is 0 Å². The van der Waals surface area contributed by atoms with Gasteiger partial charge in [-0.1, -0.05) is 0 Å². The van der Waals surface area contributed by atoms with Gasteiger partial charge in [0.1, 0.15) is 0 Å². The van der Waals surface area contributed by atoms with Crippen LogP contribution in [0.5, 0.6) is 11.5 Å². The predicted octanol–water partition coefficient (Wildman–Crippen LogP) is 2.67. The molecular weight excluding hydrogens is 469 g/mol. The van der Waals surface area contributed by atoms with Crippen LogP contribution in [0.3, 0.4) is 0 Å². The molecule has 26 heavy (non-hydrogen) atoms. The molecule has 1 aromatic carbocycles. The first-order valence-electron chi connectivity index (χ1n) is 8.32. The predicted molar refractivity (Wildman–Crippen MR) is 116 cm³/mol. The van der Waals surface area contributed by atoms with E-state index < -0.39 is 14.6 Å². The number of benzene rings is 1. The van der Waals surface area contributed by atoms with Crippen molar-refractivity contribution in [3.63, 3.8) is 0 Å². The van der Waals surface area contributed by atoms with Gasteiger partial charge in [-0.3, -0.25) is 4.99 Å². The first kappa shape index (κ1) is 22.8. The minimum atomic E-state index is -3.17. The summed E-state index contributed by atoms with van der Waals surface area (Å²) >= 11 is 0. The van der Waals surface area contributed by atoms with Crippen molar-refractivity contribution in [3.8, 4) is 11.5 Å². The lowest BCUT2D eigenvalue weighted by atomic mass is 10.3. The standard InChI is InChI=1S/C17H27N3O4S.HI/c1-17(2,3)25(21,22)11-8-19-16(18-4)20-13-6-7-14-15(12-13)24-10-5-9-23-14;/h6-7,12H,5,8-11H2,1-4H3,(H2,18,19,20);1H. The summed E-state index contributed by atoms with van der Waals surface area (Å²) in [5.41, 5.74) is 0.788. The first-order chi connectivity index (χ1) is 11.7. The second kappa shape index (κ2) is 9.63. The Morgan fingerprint density at radius 2 is 1.85 bits per heavy atom. The summed E-state index contributed by atoms with van der Waals surface area (Å²) in [6.45, 7) is 6.65. The van der Waals surface area contributed by atoms with Crippen LogP contribution in [-0.2, 0) is 9.84 Å². The number of guanidine groups is 1. The molecule has 0 amide bonds. The third kappa shape index (κ3) is 6.19. The molecule has 0 saturated heterocycles. The van der Waals surface area contributed by atoms with Crippen LogP contribution >= 0.6 is 24.0 Å². The van der Waals surface area contributed by atoms with Crippen molar-refractivity contribution in [2.45, 2.75) is 31.9 Å². The number of halogens is 1. The molecule has 2 rings (SSSR count). The van der Waals surface area contributed by atoms with Gasteiger partial charge in [0.25, 0.3) is 0 Å². The molecule has 0 unspecified atom stereocenters. The van der Waals surface area contributed by atoms with Gasteiger partial charge in [0.05, 0.1) is 23.7 Å². The number of hydrogen-bond acceptors (Lipinski definition) is 5. The summed E-state index contributed by atoms with van der Waals surface area (Å²) in [5, 5.41) is 6.16. The Hall–Kier alpha value is -1.23. The van der Waals surface area contributed by atoms with Gasteiger partial charge in [-0.25, -0.2) is 8.42 Å². The molecule has 0 radical (unpaired) electrons. The summed E-state index contributed by atoms with van der Waals surface area (Å²) in [7, 11) is -1.54. The average molecular weight is 497 g/mol. The zero-order valence-corrected chi connectivity index (χ0v) is 18.8. The van der Waals surface area contributed by atoms with E-state index in [9.17, 15) is 8.42 Å². The Balaban J connectivity index is 0.00000338. The fourth-order valence-corrected chi connectivity index (χ4v) is 3.15. The van der Waals surface area contributed by atoms with E-state index in [0.29, 0.717) is 24.9 Å². The highest BCUT2D eigenvalue weighted by atomic mass is 127. The SMILES string of the molecule is CN=C(NCCS(=O)(=O)C(C)(C)C)Nc1ccc2c(c1)OCCCO2.I. The lowest BCUT2D eigenvalue weighted by Gasteiger charge is -2.20. The average Bonchev–Trinajstić information content (AvgIpc) is 2.77. The highest BCUT2D eigenvalue weighted by Gasteiger charge is 2.28. The minimum Gasteiger partial charge on any atom is -0.490 e. The van der Waals surface area contributed by atoms with Gasteiger partial charge >= 0.3 is 0 Å². The van der Waals surface area contributed by atoms with Crippen LogP contribution in [0, 0.1) is 0 Å². The minimum absolute atomic E-state index is 0. The largest absolute Gasteiger partial charge is 0.490 e. The van der Waals surface area contributed by atoms with Crippen LogP contribution in [0.25, 0.3) is 0 Å². The number of nitrogens with zero attached hydrogens (tertiary/aromatic N) is 1. The van der Waals surface area contributed by atoms with Gasteiger partial charge in [-0.05, 0) is 32.9 Å². The molecule has 1 aromatic rings. The van der Waals surface area contributed by atoms with Crippen LogP contribution in [0.1, 0.15) is 27.2 Å². The molecule has 1 heterocycles. The molecule has 0 saturated carbocycles. The third-order valence-corrected chi connectivity index (χ3v) is 6.44. The van der Waals surface area contributed by atoms with Crippen LogP contribution in [0.15, 0.2) is 23.2 Å². The van der Waals surface area contributed by atoms with Crippen LogP contribution in [0.2, 0.25) is 0 Å². The summed E-state index contributed by atoms with van der Waals surface area (Å²) in [6.07, 6.45) is 0.850. The summed E-state index contributed by atoms with van der Waals surface area (Å²) < 4.78 is 34.8. The summed E-state index contributed by atoms with van der Waals surface area (Å²) in [5.74, 6) is 1.95. The molecule has 0 bridgehead atoms. The van der Waals surface area contributed by atoms with E-state index in [4.69, 9.17) is 9.47 Å². The summed E-state index contributed by atoms with van der Waals surface area (Å²) in [6, 6.07) is 5.56. The summed E-state index contributed by atoms with van der Waals surface area (Å²) in [4.78, 5) is 4.12. The van der Waals surface area contributed by atoms with E-state index in [1.54, 1.807) is 27.8 Å². The fourth-order valence-electron chi connectivity index (χ4n) is 2.17. The molecule has 1 aliphatic rings. The molecule has 148 valence electrons. The van der Waals surface area contributed by atoms with Crippen molar-refractivity contribution in [3.05, 3.63) is 18.2 Å². The van der Waals surface area contributed by atoms with E-state index in [1.807, 2.05) is 18.2 Å². The quantitative estimate of drug-likeness (QED) is 0.378. The number of rotatable bonds is 4. The van der Waals surface area contributed by atoms with Crippen molar-refractivity contribution in [2.75, 3.05) is 37.9 Å². The normalized spacial score (nSPS) is 14.8. The number of fused-ring (bicyclic) bond motifs is 1. The smallest absolute Gasteiger partial charge is 0.195 e.